The zero-order valence-corrected chi connectivity index (χ0v) is 15.4. The molecule has 0 saturated carbocycles. The highest BCUT2D eigenvalue weighted by atomic mass is 19.1. The molecule has 1 aromatic carbocycles. The number of ether oxygens (including phenoxy) is 2. The van der Waals surface area contributed by atoms with E-state index in [9.17, 15) is 18.4 Å². The van der Waals surface area contributed by atoms with Gasteiger partial charge in [0, 0.05) is 31.0 Å². The maximum Gasteiger partial charge on any atom is 0.311 e. The van der Waals surface area contributed by atoms with Gasteiger partial charge in [0.25, 0.3) is 0 Å². The summed E-state index contributed by atoms with van der Waals surface area (Å²) in [7, 11) is 0. The molecule has 0 atom stereocenters. The first-order chi connectivity index (χ1) is 12.5. The molecule has 0 spiro atoms. The number of halogens is 2. The van der Waals surface area contributed by atoms with E-state index >= 15 is 0 Å². The zero-order valence-electron chi connectivity index (χ0n) is 15.4. The lowest BCUT2D eigenvalue weighted by Crippen LogP contribution is -2.10. The molecule has 26 heavy (non-hydrogen) atoms. The molecular weight excluding hydrogens is 342 g/mol. The first kappa shape index (κ1) is 22.1. The summed E-state index contributed by atoms with van der Waals surface area (Å²) >= 11 is 0. The van der Waals surface area contributed by atoms with Crippen LogP contribution in [0.5, 0.6) is 5.75 Å². The van der Waals surface area contributed by atoms with E-state index in [4.69, 9.17) is 9.47 Å². The smallest absolute Gasteiger partial charge is 0.311 e. The third-order valence-corrected chi connectivity index (χ3v) is 3.84. The number of carbonyl (C=O) groups is 2. The molecule has 0 radical (unpaired) electrons. The molecule has 0 N–H and O–H groups in total. The summed E-state index contributed by atoms with van der Waals surface area (Å²) in [6.45, 7) is 2.58. The minimum atomic E-state index is -0.818. The van der Waals surface area contributed by atoms with Crippen LogP contribution in [0.3, 0.4) is 0 Å². The maximum atomic E-state index is 13.0. The van der Waals surface area contributed by atoms with Crippen LogP contribution in [0, 0.1) is 11.6 Å². The highest BCUT2D eigenvalue weighted by Gasteiger charge is 2.10. The van der Waals surface area contributed by atoms with Crippen molar-refractivity contribution in [3.63, 3.8) is 0 Å². The van der Waals surface area contributed by atoms with Crippen molar-refractivity contribution in [1.82, 2.24) is 0 Å². The van der Waals surface area contributed by atoms with E-state index in [1.165, 1.54) is 25.7 Å². The van der Waals surface area contributed by atoms with E-state index < -0.39 is 17.6 Å². The van der Waals surface area contributed by atoms with Crippen LogP contribution in [0.4, 0.5) is 8.78 Å². The number of esters is 2. The Morgan fingerprint density at radius 3 is 2.04 bits per heavy atom. The summed E-state index contributed by atoms with van der Waals surface area (Å²) in [5, 5.41) is 0. The highest BCUT2D eigenvalue weighted by molar-refractivity contribution is 5.74. The molecule has 6 heteroatoms. The Kier molecular flexibility index (Phi) is 11.2. The largest absolute Gasteiger partial charge is 0.466 e. The van der Waals surface area contributed by atoms with Gasteiger partial charge in [0.1, 0.15) is 17.4 Å². The number of rotatable bonds is 13. The van der Waals surface area contributed by atoms with Gasteiger partial charge in [-0.1, -0.05) is 45.4 Å². The lowest BCUT2D eigenvalue weighted by Gasteiger charge is -2.06. The first-order valence-electron chi connectivity index (χ1n) is 9.33. The second-order valence-corrected chi connectivity index (χ2v) is 6.27. The fraction of sp³-hybridized carbons (Fsp3) is 0.600. The molecule has 4 nitrogen and oxygen atoms in total. The van der Waals surface area contributed by atoms with E-state index in [-0.39, 0.29) is 31.0 Å². The van der Waals surface area contributed by atoms with Gasteiger partial charge in [-0.25, -0.2) is 8.78 Å². The monoisotopic (exact) mass is 370 g/mol. The van der Waals surface area contributed by atoms with Gasteiger partial charge in [-0.05, 0) is 12.8 Å². The van der Waals surface area contributed by atoms with E-state index in [1.54, 1.807) is 0 Å². The Morgan fingerprint density at radius 1 is 0.808 bits per heavy atom. The van der Waals surface area contributed by atoms with E-state index in [0.717, 1.165) is 31.4 Å². The number of hydrogen-bond donors (Lipinski definition) is 0. The first-order valence-corrected chi connectivity index (χ1v) is 9.33. The second kappa shape index (κ2) is 13.3. The van der Waals surface area contributed by atoms with Crippen LogP contribution in [-0.2, 0) is 14.3 Å². The molecule has 1 rings (SSSR count). The Morgan fingerprint density at radius 2 is 1.38 bits per heavy atom. The zero-order chi connectivity index (χ0) is 19.2. The van der Waals surface area contributed by atoms with Crippen LogP contribution in [-0.4, -0.2) is 18.5 Å². The van der Waals surface area contributed by atoms with Crippen molar-refractivity contribution in [2.75, 3.05) is 6.61 Å². The molecule has 0 bridgehead atoms. The van der Waals surface area contributed by atoms with Crippen LogP contribution in [0.25, 0.3) is 0 Å². The van der Waals surface area contributed by atoms with Crippen molar-refractivity contribution in [3.8, 4) is 5.75 Å². The Labute approximate surface area is 153 Å². The standard InChI is InChI=1S/C20H28F2O4/c1-2-3-4-5-6-7-8-12-25-19(23)10-9-11-20(24)26-18-14-16(21)13-17(22)15-18/h13-15H,2-12H2,1H3. The molecule has 0 fully saturated rings. The van der Waals surface area contributed by atoms with Crippen LogP contribution in [0.2, 0.25) is 0 Å². The summed E-state index contributed by atoms with van der Waals surface area (Å²) in [6.07, 6.45) is 8.40. The van der Waals surface area contributed by atoms with Crippen LogP contribution in [0.15, 0.2) is 18.2 Å². The van der Waals surface area contributed by atoms with Gasteiger partial charge in [-0.15, -0.1) is 0 Å². The second-order valence-electron chi connectivity index (χ2n) is 6.27. The van der Waals surface area contributed by atoms with Crippen LogP contribution in [0.1, 0.15) is 71.1 Å². The Hall–Kier alpha value is -1.98. The molecular formula is C20H28F2O4. The lowest BCUT2D eigenvalue weighted by atomic mass is 10.1. The molecule has 0 unspecified atom stereocenters. The van der Waals surface area contributed by atoms with Gasteiger partial charge in [0.15, 0.2) is 0 Å². The SMILES string of the molecule is CCCCCCCCCOC(=O)CCCC(=O)Oc1cc(F)cc(F)c1. The van der Waals surface area contributed by atoms with Crippen molar-refractivity contribution in [3.05, 3.63) is 29.8 Å². The van der Waals surface area contributed by atoms with Gasteiger partial charge < -0.3 is 9.47 Å². The van der Waals surface area contributed by atoms with Crippen molar-refractivity contribution in [2.24, 2.45) is 0 Å². The molecule has 0 saturated heterocycles. The maximum absolute atomic E-state index is 13.0. The summed E-state index contributed by atoms with van der Waals surface area (Å²) in [6, 6.07) is 2.55. The normalized spacial score (nSPS) is 10.6. The van der Waals surface area contributed by atoms with Crippen LogP contribution >= 0.6 is 0 Å². The quantitative estimate of drug-likeness (QED) is 0.267. The molecule has 0 aliphatic heterocycles. The molecule has 0 aliphatic rings. The van der Waals surface area contributed by atoms with Gasteiger partial charge in [-0.2, -0.15) is 0 Å². The van der Waals surface area contributed by atoms with Crippen molar-refractivity contribution < 1.29 is 27.8 Å². The van der Waals surface area contributed by atoms with E-state index in [0.29, 0.717) is 12.7 Å². The highest BCUT2D eigenvalue weighted by Crippen LogP contribution is 2.16. The van der Waals surface area contributed by atoms with Crippen molar-refractivity contribution >= 4 is 11.9 Å². The average Bonchev–Trinajstić information content (AvgIpc) is 2.56. The lowest BCUT2D eigenvalue weighted by molar-refractivity contribution is -0.144. The molecule has 0 aliphatic carbocycles. The summed E-state index contributed by atoms with van der Waals surface area (Å²) in [4.78, 5) is 23.2. The van der Waals surface area contributed by atoms with Crippen LogP contribution < -0.4 is 4.74 Å². The predicted octanol–water partition coefficient (Wildman–Crippen LogP) is 5.33. The number of carbonyl (C=O) groups excluding carboxylic acids is 2. The van der Waals surface area contributed by atoms with Gasteiger partial charge >= 0.3 is 11.9 Å². The molecule has 0 amide bonds. The molecule has 146 valence electrons. The fourth-order valence-corrected chi connectivity index (χ4v) is 2.46. The third kappa shape index (κ3) is 10.8. The van der Waals surface area contributed by atoms with Gasteiger partial charge in [0.2, 0.25) is 0 Å². The Bertz CT molecular complexity index is 540. The predicted molar refractivity (Wildman–Crippen MR) is 94.8 cm³/mol. The number of unbranched alkanes of at least 4 members (excludes halogenated alkanes) is 6. The summed E-state index contributed by atoms with van der Waals surface area (Å²) in [5.74, 6) is -2.81. The molecule has 0 aromatic heterocycles. The van der Waals surface area contributed by atoms with E-state index in [2.05, 4.69) is 6.92 Å². The topological polar surface area (TPSA) is 52.6 Å². The Balaban J connectivity index is 2.05. The van der Waals surface area contributed by atoms with E-state index in [1.807, 2.05) is 0 Å². The van der Waals surface area contributed by atoms with Gasteiger partial charge in [0.05, 0.1) is 6.61 Å². The van der Waals surface area contributed by atoms with Crippen molar-refractivity contribution in [1.29, 1.82) is 0 Å². The minimum Gasteiger partial charge on any atom is -0.466 e. The molecule has 1 aromatic rings. The van der Waals surface area contributed by atoms with Crippen molar-refractivity contribution in [2.45, 2.75) is 71.1 Å². The average molecular weight is 370 g/mol. The third-order valence-electron chi connectivity index (χ3n) is 3.84. The van der Waals surface area contributed by atoms with Gasteiger partial charge in [-0.3, -0.25) is 9.59 Å². The minimum absolute atomic E-state index is 0.0232. The fourth-order valence-electron chi connectivity index (χ4n) is 2.46. The summed E-state index contributed by atoms with van der Waals surface area (Å²) < 4.78 is 35.9. The summed E-state index contributed by atoms with van der Waals surface area (Å²) in [5.41, 5.74) is 0. The molecule has 0 heterocycles. The number of benzene rings is 1. The number of hydrogen-bond acceptors (Lipinski definition) is 4.